The molecular weight excluding hydrogens is 423 g/mol. The van der Waals surface area contributed by atoms with Crippen molar-refractivity contribution in [3.63, 3.8) is 0 Å². The summed E-state index contributed by atoms with van der Waals surface area (Å²) in [6.45, 7) is 5.35. The van der Waals surface area contributed by atoms with Crippen LogP contribution >= 0.6 is 0 Å². The zero-order valence-electron chi connectivity index (χ0n) is 17.4. The SMILES string of the molecule is C=Cc1ccc(CCc2ccc3c(c2F)C(F)C(F)c2c-3ccc(OCC)c2F)cc1F. The number of aryl methyl sites for hydroxylation is 2. The number of hydrogen-bond donors (Lipinski definition) is 0. The lowest BCUT2D eigenvalue weighted by Crippen LogP contribution is -2.16. The lowest BCUT2D eigenvalue weighted by atomic mass is 9.81. The second-order valence-electron chi connectivity index (χ2n) is 7.64. The molecule has 4 rings (SSSR count). The van der Waals surface area contributed by atoms with E-state index in [2.05, 4.69) is 6.58 Å². The van der Waals surface area contributed by atoms with E-state index in [1.165, 1.54) is 36.4 Å². The smallest absolute Gasteiger partial charge is 0.171 e. The van der Waals surface area contributed by atoms with Crippen molar-refractivity contribution in [2.24, 2.45) is 0 Å². The first kappa shape index (κ1) is 22.1. The van der Waals surface area contributed by atoms with Crippen LogP contribution in [0.15, 0.2) is 49.0 Å². The second-order valence-corrected chi connectivity index (χ2v) is 7.64. The molecule has 1 nitrogen and oxygen atoms in total. The molecule has 0 spiro atoms. The zero-order valence-corrected chi connectivity index (χ0v) is 17.4. The molecule has 3 aromatic carbocycles. The number of benzene rings is 3. The van der Waals surface area contributed by atoms with Gasteiger partial charge in [0.1, 0.15) is 11.6 Å². The Labute approximate surface area is 183 Å². The molecule has 0 aromatic heterocycles. The number of hydrogen-bond acceptors (Lipinski definition) is 1. The van der Waals surface area contributed by atoms with E-state index in [0.717, 1.165) is 0 Å². The maximum atomic E-state index is 15.3. The molecule has 0 radical (unpaired) electrons. The van der Waals surface area contributed by atoms with Crippen molar-refractivity contribution in [1.82, 2.24) is 0 Å². The van der Waals surface area contributed by atoms with Crippen LogP contribution in [0.1, 0.15) is 47.1 Å². The number of halogens is 5. The summed E-state index contributed by atoms with van der Waals surface area (Å²) < 4.78 is 79.1. The van der Waals surface area contributed by atoms with Crippen molar-refractivity contribution < 1.29 is 26.7 Å². The van der Waals surface area contributed by atoms with E-state index in [-0.39, 0.29) is 35.5 Å². The third-order valence-corrected chi connectivity index (χ3v) is 5.77. The highest BCUT2D eigenvalue weighted by molar-refractivity contribution is 5.76. The molecule has 0 saturated heterocycles. The van der Waals surface area contributed by atoms with Gasteiger partial charge in [-0.3, -0.25) is 0 Å². The monoisotopic (exact) mass is 444 g/mol. The summed E-state index contributed by atoms with van der Waals surface area (Å²) >= 11 is 0. The fourth-order valence-corrected chi connectivity index (χ4v) is 4.14. The van der Waals surface area contributed by atoms with Crippen LogP contribution in [0.4, 0.5) is 22.0 Å². The molecule has 0 aliphatic heterocycles. The molecule has 0 bridgehead atoms. The molecule has 0 fully saturated rings. The first-order chi connectivity index (χ1) is 15.4. The Morgan fingerprint density at radius 1 is 0.875 bits per heavy atom. The topological polar surface area (TPSA) is 9.23 Å². The van der Waals surface area contributed by atoms with Gasteiger partial charge in [0, 0.05) is 16.7 Å². The van der Waals surface area contributed by atoms with Crippen LogP contribution in [0.3, 0.4) is 0 Å². The molecule has 32 heavy (non-hydrogen) atoms. The minimum Gasteiger partial charge on any atom is -0.491 e. The molecule has 0 heterocycles. The van der Waals surface area contributed by atoms with Crippen LogP contribution in [-0.2, 0) is 12.8 Å². The molecule has 2 unspecified atom stereocenters. The predicted octanol–water partition coefficient (Wildman–Crippen LogP) is 7.63. The van der Waals surface area contributed by atoms with Gasteiger partial charge in [-0.25, -0.2) is 22.0 Å². The maximum absolute atomic E-state index is 15.3. The van der Waals surface area contributed by atoms with Gasteiger partial charge in [0.05, 0.1) is 6.61 Å². The quantitative estimate of drug-likeness (QED) is 0.355. The Hall–Kier alpha value is -3.15. The fourth-order valence-electron chi connectivity index (χ4n) is 4.14. The number of rotatable bonds is 6. The first-order valence-corrected chi connectivity index (χ1v) is 10.3. The van der Waals surface area contributed by atoms with Crippen molar-refractivity contribution in [2.45, 2.75) is 32.1 Å². The van der Waals surface area contributed by atoms with E-state index in [1.54, 1.807) is 19.1 Å². The zero-order chi connectivity index (χ0) is 23.0. The number of alkyl halides is 2. The maximum Gasteiger partial charge on any atom is 0.171 e. The van der Waals surface area contributed by atoms with Crippen LogP contribution in [0.2, 0.25) is 0 Å². The molecule has 2 atom stereocenters. The van der Waals surface area contributed by atoms with Gasteiger partial charge in [-0.2, -0.15) is 0 Å². The average molecular weight is 444 g/mol. The molecule has 1 aliphatic rings. The van der Waals surface area contributed by atoms with Gasteiger partial charge in [-0.05, 0) is 54.2 Å². The summed E-state index contributed by atoms with van der Waals surface area (Å²) in [5.41, 5.74) is 0.533. The molecule has 3 aromatic rings. The lowest BCUT2D eigenvalue weighted by Gasteiger charge is -2.28. The van der Waals surface area contributed by atoms with Gasteiger partial charge in [-0.1, -0.05) is 43.0 Å². The summed E-state index contributed by atoms with van der Waals surface area (Å²) in [4.78, 5) is 0. The van der Waals surface area contributed by atoms with E-state index < -0.39 is 40.9 Å². The number of ether oxygens (including phenoxy) is 1. The van der Waals surface area contributed by atoms with Gasteiger partial charge < -0.3 is 4.74 Å². The molecule has 1 aliphatic carbocycles. The molecule has 0 saturated carbocycles. The van der Waals surface area contributed by atoms with Gasteiger partial charge in [0.15, 0.2) is 23.9 Å². The van der Waals surface area contributed by atoms with Gasteiger partial charge in [-0.15, -0.1) is 0 Å². The van der Waals surface area contributed by atoms with Gasteiger partial charge >= 0.3 is 0 Å². The van der Waals surface area contributed by atoms with E-state index >= 15 is 8.78 Å². The third-order valence-electron chi connectivity index (χ3n) is 5.77. The van der Waals surface area contributed by atoms with Crippen LogP contribution in [0.25, 0.3) is 17.2 Å². The van der Waals surface area contributed by atoms with Crippen LogP contribution in [0.5, 0.6) is 5.75 Å². The van der Waals surface area contributed by atoms with Crippen molar-refractivity contribution in [3.05, 3.63) is 94.3 Å². The Balaban J connectivity index is 1.69. The minimum atomic E-state index is -2.36. The Morgan fingerprint density at radius 3 is 2.16 bits per heavy atom. The van der Waals surface area contributed by atoms with Crippen molar-refractivity contribution in [1.29, 1.82) is 0 Å². The average Bonchev–Trinajstić information content (AvgIpc) is 2.78. The molecule has 166 valence electrons. The lowest BCUT2D eigenvalue weighted by molar-refractivity contribution is 0.159. The van der Waals surface area contributed by atoms with E-state index in [4.69, 9.17) is 4.74 Å². The third kappa shape index (κ3) is 3.68. The Morgan fingerprint density at radius 2 is 1.53 bits per heavy atom. The first-order valence-electron chi connectivity index (χ1n) is 10.3. The van der Waals surface area contributed by atoms with Gasteiger partial charge in [0.2, 0.25) is 0 Å². The molecule has 6 heteroatoms. The Kier molecular flexibility index (Phi) is 6.04. The van der Waals surface area contributed by atoms with Crippen LogP contribution in [0, 0.1) is 17.5 Å². The van der Waals surface area contributed by atoms with Crippen molar-refractivity contribution in [2.75, 3.05) is 6.61 Å². The molecular formula is C26H21F5O. The molecule has 0 N–H and O–H groups in total. The summed E-state index contributed by atoms with van der Waals surface area (Å²) in [5.74, 6) is -2.44. The standard InChI is InChI=1S/C26H21F5O/c1-3-15-7-5-14(13-19(15)27)6-8-16-9-10-17-18-11-12-20(32-4-2)24(29)22(18)26(31)25(30)21(17)23(16)28/h3,5,7,9-13,25-26H,1,4,6,8H2,2H3. The Bertz CT molecular complexity index is 1190. The van der Waals surface area contributed by atoms with Gasteiger partial charge in [0.25, 0.3) is 0 Å². The van der Waals surface area contributed by atoms with E-state index in [1.807, 2.05) is 0 Å². The van der Waals surface area contributed by atoms with Crippen LogP contribution in [-0.4, -0.2) is 6.61 Å². The van der Waals surface area contributed by atoms with Crippen molar-refractivity contribution in [3.8, 4) is 16.9 Å². The summed E-state index contributed by atoms with van der Waals surface area (Å²) in [5, 5.41) is 0. The van der Waals surface area contributed by atoms with Crippen molar-refractivity contribution >= 4 is 6.08 Å². The number of fused-ring (bicyclic) bond motifs is 3. The fraction of sp³-hybridized carbons (Fsp3) is 0.231. The normalized spacial score (nSPS) is 16.9. The predicted molar refractivity (Wildman–Crippen MR) is 115 cm³/mol. The highest BCUT2D eigenvalue weighted by Gasteiger charge is 2.39. The highest BCUT2D eigenvalue weighted by Crippen LogP contribution is 2.51. The largest absolute Gasteiger partial charge is 0.491 e. The minimum absolute atomic E-state index is 0.106. The molecule has 0 amide bonds. The summed E-state index contributed by atoms with van der Waals surface area (Å²) in [6.07, 6.45) is -2.84. The van der Waals surface area contributed by atoms with E-state index in [9.17, 15) is 13.2 Å². The summed E-state index contributed by atoms with van der Waals surface area (Å²) in [6, 6.07) is 10.3. The summed E-state index contributed by atoms with van der Waals surface area (Å²) in [7, 11) is 0. The highest BCUT2D eigenvalue weighted by atomic mass is 19.2. The van der Waals surface area contributed by atoms with Crippen LogP contribution < -0.4 is 4.74 Å². The van der Waals surface area contributed by atoms with E-state index in [0.29, 0.717) is 17.5 Å². The second kappa shape index (κ2) is 8.77.